The summed E-state index contributed by atoms with van der Waals surface area (Å²) < 4.78 is 10.5. The molecule has 1 unspecified atom stereocenters. The second kappa shape index (κ2) is 6.64. The minimum absolute atomic E-state index is 0.462. The molecule has 0 aromatic heterocycles. The summed E-state index contributed by atoms with van der Waals surface area (Å²) in [6, 6.07) is 12.8. The minimum Gasteiger partial charge on any atom is -0.497 e. The molecule has 1 atom stereocenters. The van der Waals surface area contributed by atoms with E-state index >= 15 is 0 Å². The quantitative estimate of drug-likeness (QED) is 0.914. The first-order valence-corrected chi connectivity index (χ1v) is 6.66. The summed E-state index contributed by atoms with van der Waals surface area (Å²) in [5.41, 5.74) is 1.67. The first-order chi connectivity index (χ1) is 9.63. The van der Waals surface area contributed by atoms with Crippen molar-refractivity contribution in [3.63, 3.8) is 0 Å². The zero-order valence-corrected chi connectivity index (χ0v) is 12.2. The van der Waals surface area contributed by atoms with Crippen molar-refractivity contribution in [3.05, 3.63) is 58.6 Å². The number of benzene rings is 2. The molecule has 0 saturated carbocycles. The maximum absolute atomic E-state index is 10.4. The van der Waals surface area contributed by atoms with Gasteiger partial charge in [0.2, 0.25) is 0 Å². The molecule has 0 spiro atoms. The standard InChI is InChI=1S/C16H17ClO3/c1-19-13-6-7-16(20-2)14(10-13)15(18)9-11-4-3-5-12(17)8-11/h3-8,10,15,18H,9H2,1-2H3. The van der Waals surface area contributed by atoms with Crippen LogP contribution in [0.2, 0.25) is 5.02 Å². The van der Waals surface area contributed by atoms with Crippen LogP contribution >= 0.6 is 11.6 Å². The van der Waals surface area contributed by atoms with Crippen molar-refractivity contribution in [1.29, 1.82) is 0 Å². The molecule has 0 aliphatic carbocycles. The Hall–Kier alpha value is -1.71. The molecule has 0 saturated heterocycles. The van der Waals surface area contributed by atoms with Gasteiger partial charge in [-0.15, -0.1) is 0 Å². The Bertz CT molecular complexity index is 584. The average Bonchev–Trinajstić information content (AvgIpc) is 2.46. The fourth-order valence-corrected chi connectivity index (χ4v) is 2.31. The molecule has 0 bridgehead atoms. The molecule has 0 aliphatic heterocycles. The number of ether oxygens (including phenoxy) is 2. The molecule has 1 N–H and O–H groups in total. The van der Waals surface area contributed by atoms with Crippen molar-refractivity contribution >= 4 is 11.6 Å². The molecule has 0 amide bonds. The third-order valence-electron chi connectivity index (χ3n) is 3.11. The largest absolute Gasteiger partial charge is 0.497 e. The van der Waals surface area contributed by atoms with Crippen molar-refractivity contribution in [2.24, 2.45) is 0 Å². The lowest BCUT2D eigenvalue weighted by Gasteiger charge is -2.16. The van der Waals surface area contributed by atoms with Gasteiger partial charge >= 0.3 is 0 Å². The Morgan fingerprint density at radius 2 is 1.90 bits per heavy atom. The highest BCUT2D eigenvalue weighted by atomic mass is 35.5. The van der Waals surface area contributed by atoms with Crippen LogP contribution in [0.4, 0.5) is 0 Å². The van der Waals surface area contributed by atoms with Gasteiger partial charge in [-0.05, 0) is 35.9 Å². The van der Waals surface area contributed by atoms with Crippen LogP contribution in [0.3, 0.4) is 0 Å². The van der Waals surface area contributed by atoms with Crippen molar-refractivity contribution in [2.45, 2.75) is 12.5 Å². The molecular weight excluding hydrogens is 276 g/mol. The third-order valence-corrected chi connectivity index (χ3v) is 3.35. The summed E-state index contributed by atoms with van der Waals surface area (Å²) in [5, 5.41) is 11.1. The predicted molar refractivity (Wildman–Crippen MR) is 79.7 cm³/mol. The normalized spacial score (nSPS) is 12.0. The third kappa shape index (κ3) is 3.44. The van der Waals surface area contributed by atoms with Crippen molar-refractivity contribution in [2.75, 3.05) is 14.2 Å². The van der Waals surface area contributed by atoms with Gasteiger partial charge in [-0.25, -0.2) is 0 Å². The fraction of sp³-hybridized carbons (Fsp3) is 0.250. The van der Waals surface area contributed by atoms with Crippen LogP contribution in [-0.2, 0) is 6.42 Å². The zero-order chi connectivity index (χ0) is 14.5. The van der Waals surface area contributed by atoms with Crippen LogP contribution in [0.5, 0.6) is 11.5 Å². The molecule has 106 valence electrons. The Labute approximate surface area is 123 Å². The fourth-order valence-electron chi connectivity index (χ4n) is 2.10. The van der Waals surface area contributed by atoms with Gasteiger partial charge in [0.05, 0.1) is 20.3 Å². The lowest BCUT2D eigenvalue weighted by atomic mass is 10.0. The van der Waals surface area contributed by atoms with E-state index in [4.69, 9.17) is 21.1 Å². The molecule has 0 aliphatic rings. The van der Waals surface area contributed by atoms with Crippen LogP contribution in [-0.4, -0.2) is 19.3 Å². The maximum atomic E-state index is 10.4. The molecule has 3 nitrogen and oxygen atoms in total. The summed E-state index contributed by atoms with van der Waals surface area (Å²) in [4.78, 5) is 0. The molecule has 0 heterocycles. The van der Waals surface area contributed by atoms with Crippen molar-refractivity contribution < 1.29 is 14.6 Å². The summed E-state index contributed by atoms with van der Waals surface area (Å²) in [5.74, 6) is 1.33. The number of hydrogen-bond donors (Lipinski definition) is 1. The van der Waals surface area contributed by atoms with E-state index in [1.807, 2.05) is 24.3 Å². The first-order valence-electron chi connectivity index (χ1n) is 6.28. The van der Waals surface area contributed by atoms with Gasteiger partial charge in [-0.3, -0.25) is 0 Å². The lowest BCUT2D eigenvalue weighted by Crippen LogP contribution is -2.04. The predicted octanol–water partition coefficient (Wildman–Crippen LogP) is 3.63. The summed E-state index contributed by atoms with van der Waals surface area (Å²) in [6.07, 6.45) is -0.220. The van der Waals surface area contributed by atoms with Gasteiger partial charge in [-0.1, -0.05) is 23.7 Å². The second-order valence-electron chi connectivity index (χ2n) is 4.46. The van der Waals surface area contributed by atoms with Crippen LogP contribution in [0.25, 0.3) is 0 Å². The Kier molecular flexibility index (Phi) is 4.88. The molecule has 0 radical (unpaired) electrons. The number of halogens is 1. The highest BCUT2D eigenvalue weighted by molar-refractivity contribution is 6.30. The maximum Gasteiger partial charge on any atom is 0.124 e. The molecule has 0 fully saturated rings. The van der Waals surface area contributed by atoms with Crippen LogP contribution in [0.1, 0.15) is 17.2 Å². The van der Waals surface area contributed by atoms with E-state index in [1.54, 1.807) is 32.4 Å². The highest BCUT2D eigenvalue weighted by Crippen LogP contribution is 2.31. The van der Waals surface area contributed by atoms with Crippen molar-refractivity contribution in [1.82, 2.24) is 0 Å². The smallest absolute Gasteiger partial charge is 0.124 e. The number of rotatable bonds is 5. The second-order valence-corrected chi connectivity index (χ2v) is 4.89. The monoisotopic (exact) mass is 292 g/mol. The van der Waals surface area contributed by atoms with E-state index < -0.39 is 6.10 Å². The summed E-state index contributed by atoms with van der Waals surface area (Å²) in [7, 11) is 3.17. The number of methoxy groups -OCH3 is 2. The molecule has 2 aromatic carbocycles. The molecule has 2 rings (SSSR count). The van der Waals surface area contributed by atoms with Crippen LogP contribution < -0.4 is 9.47 Å². The summed E-state index contributed by atoms with van der Waals surface area (Å²) in [6.45, 7) is 0. The van der Waals surface area contributed by atoms with Crippen LogP contribution in [0, 0.1) is 0 Å². The Morgan fingerprint density at radius 1 is 1.10 bits per heavy atom. The van der Waals surface area contributed by atoms with Gasteiger partial charge in [-0.2, -0.15) is 0 Å². The first kappa shape index (κ1) is 14.7. The van der Waals surface area contributed by atoms with Gasteiger partial charge < -0.3 is 14.6 Å². The van der Waals surface area contributed by atoms with Gasteiger partial charge in [0.1, 0.15) is 11.5 Å². The Balaban J connectivity index is 2.25. The van der Waals surface area contributed by atoms with E-state index in [2.05, 4.69) is 0 Å². The van der Waals surface area contributed by atoms with Gasteiger partial charge in [0.15, 0.2) is 0 Å². The van der Waals surface area contributed by atoms with E-state index in [1.165, 1.54) is 0 Å². The number of aliphatic hydroxyl groups excluding tert-OH is 1. The molecule has 4 heteroatoms. The van der Waals surface area contributed by atoms with Gasteiger partial charge in [0, 0.05) is 17.0 Å². The minimum atomic E-state index is -0.682. The van der Waals surface area contributed by atoms with E-state index in [9.17, 15) is 5.11 Å². The molecular formula is C16H17ClO3. The van der Waals surface area contributed by atoms with Crippen LogP contribution in [0.15, 0.2) is 42.5 Å². The topological polar surface area (TPSA) is 38.7 Å². The number of hydrogen-bond acceptors (Lipinski definition) is 3. The number of aliphatic hydroxyl groups is 1. The average molecular weight is 293 g/mol. The molecule has 20 heavy (non-hydrogen) atoms. The van der Waals surface area contributed by atoms with E-state index in [0.29, 0.717) is 28.5 Å². The lowest BCUT2D eigenvalue weighted by molar-refractivity contribution is 0.173. The van der Waals surface area contributed by atoms with Gasteiger partial charge in [0.25, 0.3) is 0 Å². The SMILES string of the molecule is COc1ccc(OC)c(C(O)Cc2cccc(Cl)c2)c1. The Morgan fingerprint density at radius 3 is 2.55 bits per heavy atom. The summed E-state index contributed by atoms with van der Waals surface area (Å²) >= 11 is 5.95. The molecule has 2 aromatic rings. The van der Waals surface area contributed by atoms with E-state index in [-0.39, 0.29) is 0 Å². The zero-order valence-electron chi connectivity index (χ0n) is 11.5. The van der Waals surface area contributed by atoms with Crippen molar-refractivity contribution in [3.8, 4) is 11.5 Å². The highest BCUT2D eigenvalue weighted by Gasteiger charge is 2.15. The van der Waals surface area contributed by atoms with E-state index in [0.717, 1.165) is 5.56 Å².